The van der Waals surface area contributed by atoms with Crippen molar-refractivity contribution in [1.29, 1.82) is 0 Å². The summed E-state index contributed by atoms with van der Waals surface area (Å²) in [5.41, 5.74) is 0.878. The van der Waals surface area contributed by atoms with Crippen LogP contribution in [0.5, 0.6) is 0 Å². The quantitative estimate of drug-likeness (QED) is 0.847. The molecule has 146 valence electrons. The molecule has 0 unspecified atom stereocenters. The van der Waals surface area contributed by atoms with E-state index in [1.807, 2.05) is 0 Å². The van der Waals surface area contributed by atoms with Gasteiger partial charge in [-0.25, -0.2) is 8.42 Å². The molecule has 0 spiro atoms. The summed E-state index contributed by atoms with van der Waals surface area (Å²) in [5, 5.41) is 2.75. The summed E-state index contributed by atoms with van der Waals surface area (Å²) in [6, 6.07) is 8.04. The fraction of sp³-hybridized carbons (Fsp3) is 0.421. The highest BCUT2D eigenvalue weighted by Crippen LogP contribution is 2.22. The van der Waals surface area contributed by atoms with E-state index in [-0.39, 0.29) is 10.8 Å². The fourth-order valence-corrected chi connectivity index (χ4v) is 4.69. The van der Waals surface area contributed by atoms with Crippen LogP contribution in [0.2, 0.25) is 0 Å². The third kappa shape index (κ3) is 4.23. The molecule has 1 fully saturated rings. The summed E-state index contributed by atoms with van der Waals surface area (Å²) < 4.78 is 32.7. The largest absolute Gasteiger partial charge is 0.466 e. The Morgan fingerprint density at radius 2 is 1.85 bits per heavy atom. The Labute approximate surface area is 160 Å². The smallest absolute Gasteiger partial charge is 0.259 e. The van der Waals surface area contributed by atoms with E-state index in [0.29, 0.717) is 35.9 Å². The molecule has 3 rings (SSSR count). The molecule has 0 saturated carbocycles. The standard InChI is InChI=1S/C19H25N3O4S/c1-4-21-8-10-22(11-9-21)27(24,25)17-7-5-6-16(13-17)20-19(23)18-12-14(2)26-15(18)3/h5-7,12-13H,4,8-11H2,1-3H3,(H,20,23). The van der Waals surface area contributed by atoms with Gasteiger partial charge >= 0.3 is 0 Å². The van der Waals surface area contributed by atoms with Crippen molar-refractivity contribution in [1.82, 2.24) is 9.21 Å². The van der Waals surface area contributed by atoms with Gasteiger partial charge in [0.25, 0.3) is 5.91 Å². The van der Waals surface area contributed by atoms with Gasteiger partial charge in [-0.15, -0.1) is 0 Å². The Morgan fingerprint density at radius 3 is 2.44 bits per heavy atom. The van der Waals surface area contributed by atoms with E-state index in [0.717, 1.165) is 19.6 Å². The molecule has 1 amide bonds. The average molecular weight is 391 g/mol. The number of rotatable bonds is 5. The van der Waals surface area contributed by atoms with Crippen molar-refractivity contribution in [3.8, 4) is 0 Å². The second-order valence-electron chi connectivity index (χ2n) is 6.65. The monoisotopic (exact) mass is 391 g/mol. The van der Waals surface area contributed by atoms with Crippen LogP contribution in [0.1, 0.15) is 28.8 Å². The van der Waals surface area contributed by atoms with Crippen LogP contribution in [0.15, 0.2) is 39.6 Å². The van der Waals surface area contributed by atoms with E-state index in [9.17, 15) is 13.2 Å². The first-order valence-electron chi connectivity index (χ1n) is 9.02. The number of piperazine rings is 1. The molecule has 8 heteroatoms. The number of nitrogens with zero attached hydrogens (tertiary/aromatic N) is 2. The van der Waals surface area contributed by atoms with E-state index >= 15 is 0 Å². The van der Waals surface area contributed by atoms with Crippen molar-refractivity contribution in [3.63, 3.8) is 0 Å². The van der Waals surface area contributed by atoms with Gasteiger partial charge in [-0.3, -0.25) is 4.79 Å². The summed E-state index contributed by atoms with van der Waals surface area (Å²) in [7, 11) is -3.58. The zero-order valence-electron chi connectivity index (χ0n) is 15.9. The maximum atomic E-state index is 12.9. The van der Waals surface area contributed by atoms with Crippen molar-refractivity contribution in [2.75, 3.05) is 38.0 Å². The highest BCUT2D eigenvalue weighted by Gasteiger charge is 2.28. The van der Waals surface area contributed by atoms with Gasteiger partial charge in [0.1, 0.15) is 11.5 Å². The third-order valence-corrected chi connectivity index (χ3v) is 6.69. The van der Waals surface area contributed by atoms with Crippen LogP contribution in [0.4, 0.5) is 5.69 Å². The van der Waals surface area contributed by atoms with Crippen LogP contribution in [-0.2, 0) is 10.0 Å². The zero-order chi connectivity index (χ0) is 19.6. The number of nitrogens with one attached hydrogen (secondary N) is 1. The minimum Gasteiger partial charge on any atom is -0.466 e. The predicted molar refractivity (Wildman–Crippen MR) is 103 cm³/mol. The molecule has 1 aliphatic heterocycles. The molecule has 2 heterocycles. The Kier molecular flexibility index (Phi) is 5.69. The molecule has 1 aromatic heterocycles. The molecule has 0 aliphatic carbocycles. The molecule has 1 aliphatic rings. The van der Waals surface area contributed by atoms with E-state index < -0.39 is 10.0 Å². The zero-order valence-corrected chi connectivity index (χ0v) is 16.7. The molecule has 2 aromatic rings. The summed E-state index contributed by atoms with van der Waals surface area (Å²) in [5.74, 6) is 0.859. The molecule has 1 aromatic carbocycles. The highest BCUT2D eigenvalue weighted by atomic mass is 32.2. The number of likely N-dealkylation sites (N-methyl/N-ethyl adjacent to an activating group) is 1. The predicted octanol–water partition coefficient (Wildman–Crippen LogP) is 2.47. The van der Waals surface area contributed by atoms with E-state index in [1.54, 1.807) is 38.1 Å². The molecular formula is C19H25N3O4S. The van der Waals surface area contributed by atoms with E-state index in [2.05, 4.69) is 17.1 Å². The summed E-state index contributed by atoms with van der Waals surface area (Å²) in [4.78, 5) is 14.8. The summed E-state index contributed by atoms with van der Waals surface area (Å²) in [6.45, 7) is 8.88. The molecular weight excluding hydrogens is 366 g/mol. The van der Waals surface area contributed by atoms with Crippen LogP contribution in [0, 0.1) is 13.8 Å². The molecule has 0 bridgehead atoms. The van der Waals surface area contributed by atoms with Gasteiger partial charge in [0.05, 0.1) is 10.5 Å². The Morgan fingerprint density at radius 1 is 1.15 bits per heavy atom. The average Bonchev–Trinajstić information content (AvgIpc) is 3.00. The van der Waals surface area contributed by atoms with E-state index in [1.165, 1.54) is 10.4 Å². The number of carbonyl (C=O) groups excluding carboxylic acids is 1. The van der Waals surface area contributed by atoms with Crippen LogP contribution >= 0.6 is 0 Å². The Bertz CT molecular complexity index is 928. The number of aryl methyl sites for hydroxylation is 2. The number of amides is 1. The SMILES string of the molecule is CCN1CCN(S(=O)(=O)c2cccc(NC(=O)c3cc(C)oc3C)c2)CC1. The lowest BCUT2D eigenvalue weighted by Gasteiger charge is -2.33. The lowest BCUT2D eigenvalue weighted by Crippen LogP contribution is -2.48. The van der Waals surface area contributed by atoms with Crippen LogP contribution in [-0.4, -0.2) is 56.3 Å². The summed E-state index contributed by atoms with van der Waals surface area (Å²) in [6.07, 6.45) is 0. The maximum Gasteiger partial charge on any atom is 0.259 e. The molecule has 1 saturated heterocycles. The minimum absolute atomic E-state index is 0.186. The number of anilines is 1. The van der Waals surface area contributed by atoms with Crippen molar-refractivity contribution < 1.29 is 17.6 Å². The lowest BCUT2D eigenvalue weighted by atomic mass is 10.2. The van der Waals surface area contributed by atoms with Gasteiger partial charge in [0, 0.05) is 31.9 Å². The minimum atomic E-state index is -3.58. The molecule has 27 heavy (non-hydrogen) atoms. The second kappa shape index (κ2) is 7.84. The fourth-order valence-electron chi connectivity index (χ4n) is 3.22. The summed E-state index contributed by atoms with van der Waals surface area (Å²) >= 11 is 0. The van der Waals surface area contributed by atoms with E-state index in [4.69, 9.17) is 4.42 Å². The van der Waals surface area contributed by atoms with Gasteiger partial charge in [-0.2, -0.15) is 4.31 Å². The number of sulfonamides is 1. The third-order valence-electron chi connectivity index (χ3n) is 4.79. The van der Waals surface area contributed by atoms with Gasteiger partial charge in [0.2, 0.25) is 10.0 Å². The van der Waals surface area contributed by atoms with Gasteiger partial charge in [-0.05, 0) is 44.7 Å². The molecule has 0 atom stereocenters. The Hall–Kier alpha value is -2.16. The lowest BCUT2D eigenvalue weighted by molar-refractivity contribution is 0.102. The highest BCUT2D eigenvalue weighted by molar-refractivity contribution is 7.89. The van der Waals surface area contributed by atoms with Crippen LogP contribution in [0.3, 0.4) is 0 Å². The first-order chi connectivity index (χ1) is 12.8. The number of benzene rings is 1. The van der Waals surface area contributed by atoms with Crippen molar-refractivity contribution >= 4 is 21.6 Å². The Balaban J connectivity index is 1.77. The number of hydrogen-bond donors (Lipinski definition) is 1. The topological polar surface area (TPSA) is 82.9 Å². The van der Waals surface area contributed by atoms with Gasteiger partial charge in [0.15, 0.2) is 0 Å². The number of hydrogen-bond acceptors (Lipinski definition) is 5. The van der Waals surface area contributed by atoms with Crippen molar-refractivity contribution in [2.45, 2.75) is 25.7 Å². The number of furan rings is 1. The molecule has 1 N–H and O–H groups in total. The normalized spacial score (nSPS) is 16.4. The van der Waals surface area contributed by atoms with Crippen LogP contribution in [0.25, 0.3) is 0 Å². The molecule has 7 nitrogen and oxygen atoms in total. The van der Waals surface area contributed by atoms with Crippen molar-refractivity contribution in [2.24, 2.45) is 0 Å². The van der Waals surface area contributed by atoms with Gasteiger partial charge in [-0.1, -0.05) is 13.0 Å². The second-order valence-corrected chi connectivity index (χ2v) is 8.59. The van der Waals surface area contributed by atoms with Crippen molar-refractivity contribution in [3.05, 3.63) is 47.4 Å². The molecule has 0 radical (unpaired) electrons. The van der Waals surface area contributed by atoms with Gasteiger partial charge < -0.3 is 14.6 Å². The number of carbonyl (C=O) groups is 1. The van der Waals surface area contributed by atoms with Crippen LogP contribution < -0.4 is 5.32 Å². The first kappa shape index (κ1) is 19.6. The first-order valence-corrected chi connectivity index (χ1v) is 10.5. The maximum absolute atomic E-state index is 12.9.